The minimum atomic E-state index is -3.67. The lowest BCUT2D eigenvalue weighted by atomic mass is 10.0. The largest absolute Gasteiger partial charge is 0.496 e. The lowest BCUT2D eigenvalue weighted by Gasteiger charge is -2.19. The van der Waals surface area contributed by atoms with Crippen LogP contribution < -0.4 is 9.46 Å². The molecule has 0 unspecified atom stereocenters. The lowest BCUT2D eigenvalue weighted by Crippen LogP contribution is -2.29. The van der Waals surface area contributed by atoms with Gasteiger partial charge in [0.05, 0.1) is 12.9 Å². The SMILES string of the molecule is CC[C@@H](NS(=O)(=O)Cc1ccccc1F)c1ccc(OC)c(C)c1. The number of benzene rings is 2. The van der Waals surface area contributed by atoms with Gasteiger partial charge in [0.1, 0.15) is 11.6 Å². The van der Waals surface area contributed by atoms with Gasteiger partial charge in [-0.05, 0) is 36.6 Å². The number of halogens is 1. The van der Waals surface area contributed by atoms with E-state index in [1.54, 1.807) is 13.2 Å². The second kappa shape index (κ2) is 7.77. The van der Waals surface area contributed by atoms with Crippen LogP contribution in [0, 0.1) is 12.7 Å². The van der Waals surface area contributed by atoms with Crippen molar-refractivity contribution in [3.05, 3.63) is 65.0 Å². The zero-order valence-electron chi connectivity index (χ0n) is 14.0. The molecule has 24 heavy (non-hydrogen) atoms. The third kappa shape index (κ3) is 4.55. The van der Waals surface area contributed by atoms with Crippen molar-refractivity contribution < 1.29 is 17.5 Å². The molecule has 2 aromatic carbocycles. The Hall–Kier alpha value is -1.92. The molecule has 4 nitrogen and oxygen atoms in total. The molecular weight excluding hydrogens is 329 g/mol. The Balaban J connectivity index is 2.20. The van der Waals surface area contributed by atoms with Gasteiger partial charge in [0.2, 0.25) is 10.0 Å². The van der Waals surface area contributed by atoms with Crippen LogP contribution >= 0.6 is 0 Å². The van der Waals surface area contributed by atoms with Crippen molar-refractivity contribution in [3.63, 3.8) is 0 Å². The van der Waals surface area contributed by atoms with E-state index < -0.39 is 15.8 Å². The summed E-state index contributed by atoms with van der Waals surface area (Å²) in [4.78, 5) is 0. The maximum Gasteiger partial charge on any atom is 0.216 e. The highest BCUT2D eigenvalue weighted by molar-refractivity contribution is 7.88. The predicted octanol–water partition coefficient (Wildman–Crippen LogP) is 3.71. The summed E-state index contributed by atoms with van der Waals surface area (Å²) < 4.78 is 46.4. The van der Waals surface area contributed by atoms with Gasteiger partial charge in [-0.3, -0.25) is 0 Å². The van der Waals surface area contributed by atoms with Gasteiger partial charge in [-0.15, -0.1) is 0 Å². The van der Waals surface area contributed by atoms with Gasteiger partial charge in [0, 0.05) is 11.6 Å². The highest BCUT2D eigenvalue weighted by Crippen LogP contribution is 2.25. The third-order valence-corrected chi connectivity index (χ3v) is 5.19. The molecule has 0 aliphatic rings. The number of aryl methyl sites for hydroxylation is 1. The Bertz CT molecular complexity index is 806. The molecular formula is C18H22FNO3S. The van der Waals surface area contributed by atoms with Crippen molar-refractivity contribution in [2.24, 2.45) is 0 Å². The fourth-order valence-electron chi connectivity index (χ4n) is 2.58. The van der Waals surface area contributed by atoms with E-state index in [1.165, 1.54) is 18.2 Å². The van der Waals surface area contributed by atoms with Crippen molar-refractivity contribution in [1.82, 2.24) is 4.72 Å². The first-order chi connectivity index (χ1) is 11.4. The number of nitrogens with one attached hydrogen (secondary N) is 1. The summed E-state index contributed by atoms with van der Waals surface area (Å²) in [5.74, 6) is -0.148. The molecule has 130 valence electrons. The molecule has 6 heteroatoms. The van der Waals surface area contributed by atoms with E-state index in [2.05, 4.69) is 4.72 Å². The second-order valence-corrected chi connectivity index (χ2v) is 7.41. The van der Waals surface area contributed by atoms with E-state index in [0.717, 1.165) is 16.9 Å². The van der Waals surface area contributed by atoms with Crippen LogP contribution in [-0.4, -0.2) is 15.5 Å². The minimum Gasteiger partial charge on any atom is -0.496 e. The number of sulfonamides is 1. The highest BCUT2D eigenvalue weighted by atomic mass is 32.2. The Morgan fingerprint density at radius 2 is 1.92 bits per heavy atom. The molecule has 0 aliphatic carbocycles. The zero-order valence-corrected chi connectivity index (χ0v) is 14.9. The molecule has 0 aliphatic heterocycles. The topological polar surface area (TPSA) is 55.4 Å². The summed E-state index contributed by atoms with van der Waals surface area (Å²) in [6.07, 6.45) is 0.586. The molecule has 0 bridgehead atoms. The quantitative estimate of drug-likeness (QED) is 0.827. The Morgan fingerprint density at radius 1 is 1.21 bits per heavy atom. The Labute approximate surface area is 142 Å². The summed E-state index contributed by atoms with van der Waals surface area (Å²) in [5, 5.41) is 0. The summed E-state index contributed by atoms with van der Waals surface area (Å²) in [6, 6.07) is 11.1. The van der Waals surface area contributed by atoms with Crippen LogP contribution in [0.25, 0.3) is 0 Å². The first kappa shape index (κ1) is 18.4. The summed E-state index contributed by atoms with van der Waals surface area (Å²) >= 11 is 0. The number of hydrogen-bond donors (Lipinski definition) is 1. The van der Waals surface area contributed by atoms with Gasteiger partial charge in [-0.25, -0.2) is 17.5 Å². The Kier molecular flexibility index (Phi) is 5.96. The first-order valence-electron chi connectivity index (χ1n) is 7.74. The maximum absolute atomic E-state index is 13.7. The minimum absolute atomic E-state index is 0.158. The fourth-order valence-corrected chi connectivity index (χ4v) is 4.05. The van der Waals surface area contributed by atoms with Crippen LogP contribution in [0.2, 0.25) is 0 Å². The molecule has 0 amide bonds. The molecule has 0 heterocycles. The normalized spacial score (nSPS) is 12.8. The first-order valence-corrected chi connectivity index (χ1v) is 9.39. The van der Waals surface area contributed by atoms with E-state index in [4.69, 9.17) is 4.74 Å². The van der Waals surface area contributed by atoms with Crippen LogP contribution in [0.5, 0.6) is 5.75 Å². The Morgan fingerprint density at radius 3 is 2.50 bits per heavy atom. The van der Waals surface area contributed by atoms with E-state index in [1.807, 2.05) is 32.0 Å². The number of hydrogen-bond acceptors (Lipinski definition) is 3. The van der Waals surface area contributed by atoms with Crippen LogP contribution in [-0.2, 0) is 15.8 Å². The number of ether oxygens (including phenoxy) is 1. The van der Waals surface area contributed by atoms with Crippen molar-refractivity contribution in [2.75, 3.05) is 7.11 Å². The van der Waals surface area contributed by atoms with Crippen LogP contribution in [0.1, 0.15) is 36.1 Å². The van der Waals surface area contributed by atoms with Gasteiger partial charge in [-0.2, -0.15) is 0 Å². The van der Waals surface area contributed by atoms with Crippen molar-refractivity contribution in [2.45, 2.75) is 32.1 Å². The monoisotopic (exact) mass is 351 g/mol. The van der Waals surface area contributed by atoms with E-state index >= 15 is 0 Å². The van der Waals surface area contributed by atoms with Crippen molar-refractivity contribution in [1.29, 1.82) is 0 Å². The van der Waals surface area contributed by atoms with E-state index in [0.29, 0.717) is 6.42 Å². The molecule has 1 N–H and O–H groups in total. The smallest absolute Gasteiger partial charge is 0.216 e. The standard InChI is InChI=1S/C18H22FNO3S/c1-4-17(14-9-10-18(23-3)13(2)11-14)20-24(21,22)12-15-7-5-6-8-16(15)19/h5-11,17,20H,4,12H2,1-3H3/t17-/m1/s1. The van der Waals surface area contributed by atoms with Gasteiger partial charge < -0.3 is 4.74 Å². The van der Waals surface area contributed by atoms with E-state index in [9.17, 15) is 12.8 Å². The summed E-state index contributed by atoms with van der Waals surface area (Å²) in [6.45, 7) is 3.80. The van der Waals surface area contributed by atoms with Crippen LogP contribution in [0.15, 0.2) is 42.5 Å². The highest BCUT2D eigenvalue weighted by Gasteiger charge is 2.20. The summed E-state index contributed by atoms with van der Waals surface area (Å²) in [7, 11) is -2.07. The van der Waals surface area contributed by atoms with Gasteiger partial charge in [0.25, 0.3) is 0 Å². The van der Waals surface area contributed by atoms with Crippen LogP contribution in [0.3, 0.4) is 0 Å². The molecule has 0 radical (unpaired) electrons. The van der Waals surface area contributed by atoms with Crippen LogP contribution in [0.4, 0.5) is 4.39 Å². The van der Waals surface area contributed by atoms with Crippen molar-refractivity contribution >= 4 is 10.0 Å². The average molecular weight is 351 g/mol. The number of methoxy groups -OCH3 is 1. The maximum atomic E-state index is 13.7. The second-order valence-electron chi connectivity index (χ2n) is 5.66. The number of rotatable bonds is 7. The predicted molar refractivity (Wildman–Crippen MR) is 92.9 cm³/mol. The average Bonchev–Trinajstić information content (AvgIpc) is 2.54. The lowest BCUT2D eigenvalue weighted by molar-refractivity contribution is 0.411. The van der Waals surface area contributed by atoms with Crippen molar-refractivity contribution in [3.8, 4) is 5.75 Å². The molecule has 0 saturated carbocycles. The zero-order chi connectivity index (χ0) is 17.7. The molecule has 0 saturated heterocycles. The molecule has 1 atom stereocenters. The van der Waals surface area contributed by atoms with E-state index in [-0.39, 0.29) is 17.4 Å². The molecule has 2 rings (SSSR count). The fraction of sp³-hybridized carbons (Fsp3) is 0.333. The molecule has 0 spiro atoms. The van der Waals surface area contributed by atoms with Gasteiger partial charge >= 0.3 is 0 Å². The molecule has 0 aromatic heterocycles. The molecule has 2 aromatic rings. The molecule has 0 fully saturated rings. The third-order valence-electron chi connectivity index (χ3n) is 3.85. The van der Waals surface area contributed by atoms with Gasteiger partial charge in [-0.1, -0.05) is 37.3 Å². The van der Waals surface area contributed by atoms with Gasteiger partial charge in [0.15, 0.2) is 0 Å². The summed E-state index contributed by atoms with van der Waals surface area (Å²) in [5.41, 5.74) is 1.94.